The van der Waals surface area contributed by atoms with E-state index in [1.165, 1.54) is 0 Å². The van der Waals surface area contributed by atoms with E-state index in [1.807, 2.05) is 6.07 Å². The second-order valence-electron chi connectivity index (χ2n) is 2.93. The van der Waals surface area contributed by atoms with Crippen molar-refractivity contribution in [2.45, 2.75) is 20.3 Å². The van der Waals surface area contributed by atoms with Gasteiger partial charge >= 0.3 is 0 Å². The van der Waals surface area contributed by atoms with Crippen LogP contribution in [0, 0.1) is 31.0 Å². The third kappa shape index (κ3) is 1.81. The lowest BCUT2D eigenvalue weighted by molar-refractivity contribution is 0.604. The van der Waals surface area contributed by atoms with E-state index in [0.717, 1.165) is 0 Å². The molecule has 0 radical (unpaired) electrons. The molecule has 0 aliphatic heterocycles. The van der Waals surface area contributed by atoms with Crippen LogP contribution in [0.2, 0.25) is 5.02 Å². The van der Waals surface area contributed by atoms with Crippen LogP contribution in [0.1, 0.15) is 16.7 Å². The predicted octanol–water partition coefficient (Wildman–Crippen LogP) is 3.16. The van der Waals surface area contributed by atoms with E-state index in [-0.39, 0.29) is 12.2 Å². The van der Waals surface area contributed by atoms with Gasteiger partial charge in [-0.05, 0) is 31.0 Å². The quantitative estimate of drug-likeness (QED) is 0.679. The van der Waals surface area contributed by atoms with Crippen LogP contribution < -0.4 is 0 Å². The summed E-state index contributed by atoms with van der Waals surface area (Å²) in [5, 5.41) is 9.01. The van der Waals surface area contributed by atoms with Crippen LogP contribution >= 0.6 is 11.6 Å². The van der Waals surface area contributed by atoms with E-state index in [0.29, 0.717) is 21.7 Å². The number of halogens is 2. The van der Waals surface area contributed by atoms with Gasteiger partial charge < -0.3 is 0 Å². The second kappa shape index (κ2) is 3.76. The Morgan fingerprint density at radius 2 is 2.15 bits per heavy atom. The van der Waals surface area contributed by atoms with Gasteiger partial charge in [-0.15, -0.1) is 0 Å². The van der Waals surface area contributed by atoms with Gasteiger partial charge in [0.25, 0.3) is 0 Å². The topological polar surface area (TPSA) is 23.8 Å². The van der Waals surface area contributed by atoms with Crippen LogP contribution in [-0.4, -0.2) is 0 Å². The van der Waals surface area contributed by atoms with E-state index in [2.05, 4.69) is 0 Å². The van der Waals surface area contributed by atoms with Gasteiger partial charge in [0, 0.05) is 10.6 Å². The molecule has 0 heterocycles. The first kappa shape index (κ1) is 10.0. The summed E-state index contributed by atoms with van der Waals surface area (Å²) in [6.07, 6.45) is 0.0685. The van der Waals surface area contributed by atoms with Crippen molar-refractivity contribution in [2.24, 2.45) is 0 Å². The minimum absolute atomic E-state index is 0.0685. The Balaban J connectivity index is 3.39. The SMILES string of the molecule is Cc1cc(Cl)c(C)c(CC#N)c1F. The molecule has 0 atom stereocenters. The molecule has 0 aliphatic rings. The van der Waals surface area contributed by atoms with Gasteiger partial charge in [-0.2, -0.15) is 5.26 Å². The van der Waals surface area contributed by atoms with Crippen molar-refractivity contribution in [2.75, 3.05) is 0 Å². The number of hydrogen-bond acceptors (Lipinski definition) is 1. The summed E-state index contributed by atoms with van der Waals surface area (Å²) < 4.78 is 13.4. The van der Waals surface area contributed by atoms with Gasteiger partial charge in [0.15, 0.2) is 0 Å². The van der Waals surface area contributed by atoms with E-state index in [4.69, 9.17) is 16.9 Å². The maximum absolute atomic E-state index is 13.4. The van der Waals surface area contributed by atoms with Gasteiger partial charge in [0.05, 0.1) is 12.5 Å². The molecule has 1 rings (SSSR count). The summed E-state index contributed by atoms with van der Waals surface area (Å²) in [4.78, 5) is 0. The first-order valence-electron chi connectivity index (χ1n) is 3.89. The van der Waals surface area contributed by atoms with Crippen LogP contribution in [0.5, 0.6) is 0 Å². The fourth-order valence-electron chi connectivity index (χ4n) is 1.20. The van der Waals surface area contributed by atoms with Crippen LogP contribution in [0.15, 0.2) is 6.07 Å². The largest absolute Gasteiger partial charge is 0.206 e. The van der Waals surface area contributed by atoms with E-state index in [1.54, 1.807) is 19.9 Å². The summed E-state index contributed by atoms with van der Waals surface area (Å²) >= 11 is 5.85. The van der Waals surface area contributed by atoms with Gasteiger partial charge in [0.1, 0.15) is 5.82 Å². The number of aryl methyl sites for hydroxylation is 1. The van der Waals surface area contributed by atoms with Crippen molar-refractivity contribution >= 4 is 11.6 Å². The number of nitrogens with zero attached hydrogens (tertiary/aromatic N) is 1. The van der Waals surface area contributed by atoms with Crippen molar-refractivity contribution < 1.29 is 4.39 Å². The summed E-state index contributed by atoms with van der Waals surface area (Å²) in [5.41, 5.74) is 1.56. The molecule has 0 N–H and O–H groups in total. The summed E-state index contributed by atoms with van der Waals surface area (Å²) in [6.45, 7) is 3.36. The molecule has 0 saturated heterocycles. The molecule has 1 aromatic carbocycles. The van der Waals surface area contributed by atoms with Crippen molar-refractivity contribution in [1.82, 2.24) is 0 Å². The maximum atomic E-state index is 13.4. The van der Waals surface area contributed by atoms with Crippen LogP contribution in [0.25, 0.3) is 0 Å². The monoisotopic (exact) mass is 197 g/mol. The lowest BCUT2D eigenvalue weighted by Gasteiger charge is -2.08. The van der Waals surface area contributed by atoms with Crippen LogP contribution in [0.4, 0.5) is 4.39 Å². The summed E-state index contributed by atoms with van der Waals surface area (Å²) in [5.74, 6) is -0.316. The summed E-state index contributed by atoms with van der Waals surface area (Å²) in [7, 11) is 0. The minimum Gasteiger partial charge on any atom is -0.206 e. The molecule has 0 fully saturated rings. The van der Waals surface area contributed by atoms with Crippen LogP contribution in [-0.2, 0) is 6.42 Å². The highest BCUT2D eigenvalue weighted by Crippen LogP contribution is 2.25. The maximum Gasteiger partial charge on any atom is 0.130 e. The Morgan fingerprint density at radius 1 is 1.54 bits per heavy atom. The molecule has 1 aromatic rings. The molecule has 0 saturated carbocycles. The van der Waals surface area contributed by atoms with Gasteiger partial charge in [-0.1, -0.05) is 11.6 Å². The van der Waals surface area contributed by atoms with Crippen molar-refractivity contribution in [1.29, 1.82) is 5.26 Å². The minimum atomic E-state index is -0.316. The third-order valence-electron chi connectivity index (χ3n) is 2.02. The van der Waals surface area contributed by atoms with Gasteiger partial charge in [-0.25, -0.2) is 4.39 Å². The molecule has 1 nitrogen and oxygen atoms in total. The average Bonchev–Trinajstić information content (AvgIpc) is 2.09. The standard InChI is InChI=1S/C10H9ClFN/c1-6-5-9(11)7(2)8(3-4-13)10(6)12/h5H,3H2,1-2H3. The Morgan fingerprint density at radius 3 is 2.69 bits per heavy atom. The zero-order chi connectivity index (χ0) is 10.0. The third-order valence-corrected chi connectivity index (χ3v) is 2.41. The smallest absolute Gasteiger partial charge is 0.130 e. The van der Waals surface area contributed by atoms with Crippen molar-refractivity contribution in [3.05, 3.63) is 33.6 Å². The zero-order valence-electron chi connectivity index (χ0n) is 7.49. The molecular formula is C10H9ClFN. The number of hydrogen-bond donors (Lipinski definition) is 0. The fraction of sp³-hybridized carbons (Fsp3) is 0.300. The Labute approximate surface area is 81.8 Å². The molecule has 0 bridgehead atoms. The highest BCUT2D eigenvalue weighted by atomic mass is 35.5. The molecule has 3 heteroatoms. The first-order chi connectivity index (χ1) is 6.07. The molecule has 0 aromatic heterocycles. The zero-order valence-corrected chi connectivity index (χ0v) is 8.24. The van der Waals surface area contributed by atoms with Crippen molar-refractivity contribution in [3.63, 3.8) is 0 Å². The first-order valence-corrected chi connectivity index (χ1v) is 4.26. The molecule has 0 amide bonds. The van der Waals surface area contributed by atoms with Gasteiger partial charge in [0.2, 0.25) is 0 Å². The Hall–Kier alpha value is -1.07. The molecule has 0 aliphatic carbocycles. The highest BCUT2D eigenvalue weighted by molar-refractivity contribution is 6.31. The number of rotatable bonds is 1. The molecule has 13 heavy (non-hydrogen) atoms. The number of nitriles is 1. The highest BCUT2D eigenvalue weighted by Gasteiger charge is 2.11. The predicted molar refractivity (Wildman–Crippen MR) is 50.2 cm³/mol. The average molecular weight is 198 g/mol. The molecular weight excluding hydrogens is 189 g/mol. The lowest BCUT2D eigenvalue weighted by Crippen LogP contribution is -1.97. The lowest BCUT2D eigenvalue weighted by atomic mass is 10.0. The Kier molecular flexibility index (Phi) is 2.90. The molecule has 0 unspecified atom stereocenters. The van der Waals surface area contributed by atoms with Crippen molar-refractivity contribution in [3.8, 4) is 6.07 Å². The van der Waals surface area contributed by atoms with Gasteiger partial charge in [-0.3, -0.25) is 0 Å². The van der Waals surface area contributed by atoms with E-state index in [9.17, 15) is 4.39 Å². The molecule has 68 valence electrons. The second-order valence-corrected chi connectivity index (χ2v) is 3.33. The van der Waals surface area contributed by atoms with E-state index < -0.39 is 0 Å². The fourth-order valence-corrected chi connectivity index (χ4v) is 1.48. The summed E-state index contributed by atoms with van der Waals surface area (Å²) in [6, 6.07) is 3.50. The molecule has 0 spiro atoms. The number of benzene rings is 1. The van der Waals surface area contributed by atoms with Crippen LogP contribution in [0.3, 0.4) is 0 Å². The Bertz CT molecular complexity index is 353. The van der Waals surface area contributed by atoms with E-state index >= 15 is 0 Å². The normalized spacial score (nSPS) is 9.77.